The first kappa shape index (κ1) is 17.8. The summed E-state index contributed by atoms with van der Waals surface area (Å²) in [6.45, 7) is 0. The number of hydrogen-bond donors (Lipinski definition) is 0. The second kappa shape index (κ2) is 9.72. The molecule has 0 saturated heterocycles. The zero-order valence-corrected chi connectivity index (χ0v) is 20.4. The second-order valence-electron chi connectivity index (χ2n) is 8.60. The van der Waals surface area contributed by atoms with Crippen LogP contribution in [0, 0.1) is 0 Å². The van der Waals surface area contributed by atoms with Crippen molar-refractivity contribution in [3.63, 3.8) is 0 Å². The molecule has 7 rings (SSSR count). The van der Waals surface area contributed by atoms with Crippen molar-refractivity contribution in [2.24, 2.45) is 0 Å². The number of rotatable bonds is 5. The molecule has 0 unspecified atom stereocenters. The smallest absolute Gasteiger partial charge is 0.123 e. The topological polar surface area (TPSA) is 82.3 Å². The van der Waals surface area contributed by atoms with Gasteiger partial charge in [-0.3, -0.25) is 9.97 Å². The fourth-order valence-corrected chi connectivity index (χ4v) is 4.30. The summed E-state index contributed by atoms with van der Waals surface area (Å²) in [5.74, 6) is 0. The number of para-hydroxylation sites is 1. The quantitative estimate of drug-likeness (QED) is 0.258. The highest BCUT2D eigenvalue weighted by Gasteiger charge is 2.16. The number of benzene rings is 2. The molecule has 2 aromatic carbocycles. The lowest BCUT2D eigenvalue weighted by molar-refractivity contribution is 0.766. The summed E-state index contributed by atoms with van der Waals surface area (Å²) in [6, 6.07) is 24.0. The summed E-state index contributed by atoms with van der Waals surface area (Å²) in [6.07, 6.45) is 3.42. The predicted molar refractivity (Wildman–Crippen MR) is 152 cm³/mol. The largest absolute Gasteiger partial charge is 0.255 e. The van der Waals surface area contributed by atoms with Gasteiger partial charge in [0.2, 0.25) is 0 Å². The van der Waals surface area contributed by atoms with E-state index in [0.717, 1.165) is 16.1 Å². The van der Waals surface area contributed by atoms with Gasteiger partial charge in [-0.1, -0.05) is 42.4 Å². The van der Waals surface area contributed by atoms with Gasteiger partial charge < -0.3 is 0 Å². The van der Waals surface area contributed by atoms with Crippen LogP contribution in [0.2, 0.25) is 0 Å². The molecular formula is C32H21N7. The van der Waals surface area contributed by atoms with Crippen LogP contribution in [0.25, 0.3) is 62.0 Å². The van der Waals surface area contributed by atoms with Gasteiger partial charge in [0, 0.05) is 23.5 Å². The zero-order valence-electron chi connectivity index (χ0n) is 25.4. The van der Waals surface area contributed by atoms with E-state index < -0.39 is 30.2 Å². The van der Waals surface area contributed by atoms with Gasteiger partial charge in [-0.2, -0.15) is 4.80 Å². The lowest BCUT2D eigenvalue weighted by Crippen LogP contribution is -1.97. The molecule has 39 heavy (non-hydrogen) atoms. The molecule has 7 heteroatoms. The molecule has 0 fully saturated rings. The lowest BCUT2D eigenvalue weighted by Gasteiger charge is -2.09. The van der Waals surface area contributed by atoms with Gasteiger partial charge in [-0.25, -0.2) is 9.97 Å². The third kappa shape index (κ3) is 4.42. The predicted octanol–water partition coefficient (Wildman–Crippen LogP) is 6.67. The maximum atomic E-state index is 8.46. The van der Waals surface area contributed by atoms with Crippen molar-refractivity contribution in [3.8, 4) is 51.0 Å². The highest BCUT2D eigenvalue weighted by Crippen LogP contribution is 2.33. The van der Waals surface area contributed by atoms with E-state index in [1.54, 1.807) is 12.4 Å². The van der Waals surface area contributed by atoms with Crippen LogP contribution in [0.15, 0.2) is 128 Å². The minimum atomic E-state index is -0.488. The van der Waals surface area contributed by atoms with Crippen LogP contribution >= 0.6 is 0 Å². The monoisotopic (exact) mass is 508 g/mol. The average Bonchev–Trinajstić information content (AvgIpc) is 3.50. The number of hydrogen-bond acceptors (Lipinski definition) is 6. The second-order valence-corrected chi connectivity index (χ2v) is 8.60. The van der Waals surface area contributed by atoms with Crippen LogP contribution in [-0.4, -0.2) is 34.9 Å². The molecule has 0 amide bonds. The van der Waals surface area contributed by atoms with E-state index in [2.05, 4.69) is 20.2 Å². The van der Waals surface area contributed by atoms with E-state index >= 15 is 0 Å². The molecule has 0 radical (unpaired) electrons. The van der Waals surface area contributed by atoms with Crippen molar-refractivity contribution in [1.29, 1.82) is 0 Å². The van der Waals surface area contributed by atoms with Crippen LogP contribution in [0.5, 0.6) is 0 Å². The average molecular weight is 509 g/mol. The molecular weight excluding hydrogens is 482 g/mol. The summed E-state index contributed by atoms with van der Waals surface area (Å²) < 4.78 is 41.2. The summed E-state index contributed by atoms with van der Waals surface area (Å²) in [4.78, 5) is 19.7. The molecule has 0 atom stereocenters. The van der Waals surface area contributed by atoms with E-state index in [9.17, 15) is 0 Å². The highest BCUT2D eigenvalue weighted by atomic mass is 15.5. The Bertz CT molecular complexity index is 2160. The zero-order chi connectivity index (χ0) is 30.4. The molecule has 0 aliphatic carbocycles. The van der Waals surface area contributed by atoms with E-state index in [1.807, 2.05) is 84.9 Å². The third-order valence-electron chi connectivity index (χ3n) is 6.10. The van der Waals surface area contributed by atoms with Gasteiger partial charge in [0.05, 0.1) is 46.7 Å². The van der Waals surface area contributed by atoms with Gasteiger partial charge in [-0.05, 0) is 72.7 Å². The van der Waals surface area contributed by atoms with E-state index in [4.69, 9.17) is 16.8 Å². The SMILES string of the molecule is [2H]c1c([2H])c([2H])c(-n2nc3cc(-c4cccc(-c5ccccn5)n4)cc(-c4cccc(-c5ccccn5)n4)c3n2)c([2H])c1[2H]. The van der Waals surface area contributed by atoms with Gasteiger partial charge in [0.15, 0.2) is 0 Å². The van der Waals surface area contributed by atoms with Crippen LogP contribution in [0.4, 0.5) is 0 Å². The minimum Gasteiger partial charge on any atom is -0.255 e. The van der Waals surface area contributed by atoms with Crippen molar-refractivity contribution >= 4 is 11.0 Å². The summed E-state index contributed by atoms with van der Waals surface area (Å²) >= 11 is 0. The van der Waals surface area contributed by atoms with E-state index in [1.165, 1.54) is 0 Å². The summed E-state index contributed by atoms with van der Waals surface area (Å²) in [5, 5.41) is 9.25. The van der Waals surface area contributed by atoms with Crippen molar-refractivity contribution in [2.45, 2.75) is 0 Å². The molecule has 0 aliphatic heterocycles. The highest BCUT2D eigenvalue weighted by molar-refractivity contribution is 5.94. The summed E-state index contributed by atoms with van der Waals surface area (Å²) in [5.41, 5.74) is 6.11. The molecule has 0 saturated carbocycles. The maximum Gasteiger partial charge on any atom is 0.123 e. The molecule has 184 valence electrons. The molecule has 7 nitrogen and oxygen atoms in total. The Labute approximate surface area is 231 Å². The molecule has 0 aliphatic rings. The third-order valence-corrected chi connectivity index (χ3v) is 6.10. The molecule has 0 spiro atoms. The van der Waals surface area contributed by atoms with Crippen molar-refractivity contribution in [3.05, 3.63) is 128 Å². The van der Waals surface area contributed by atoms with Crippen LogP contribution in [0.1, 0.15) is 6.85 Å². The van der Waals surface area contributed by atoms with Crippen molar-refractivity contribution in [1.82, 2.24) is 34.9 Å². The number of fused-ring (bicyclic) bond motifs is 1. The molecule has 0 bridgehead atoms. The van der Waals surface area contributed by atoms with Gasteiger partial charge in [0.25, 0.3) is 0 Å². The minimum absolute atomic E-state index is 0.148. The van der Waals surface area contributed by atoms with Gasteiger partial charge in [-0.15, -0.1) is 10.2 Å². The van der Waals surface area contributed by atoms with Gasteiger partial charge in [0.1, 0.15) is 11.0 Å². The normalized spacial score (nSPS) is 12.9. The Morgan fingerprint density at radius 3 is 1.85 bits per heavy atom. The molecule has 5 heterocycles. The Morgan fingerprint density at radius 2 is 1.18 bits per heavy atom. The van der Waals surface area contributed by atoms with E-state index in [-0.39, 0.29) is 5.69 Å². The first-order chi connectivity index (χ1) is 21.4. The van der Waals surface area contributed by atoms with E-state index in [0.29, 0.717) is 45.1 Å². The van der Waals surface area contributed by atoms with Crippen LogP contribution in [-0.2, 0) is 0 Å². The fraction of sp³-hybridized carbons (Fsp3) is 0. The summed E-state index contributed by atoms with van der Waals surface area (Å²) in [7, 11) is 0. The fourth-order valence-electron chi connectivity index (χ4n) is 4.30. The Kier molecular flexibility index (Phi) is 4.44. The Morgan fingerprint density at radius 1 is 0.564 bits per heavy atom. The first-order valence-electron chi connectivity index (χ1n) is 14.6. The Hall–Kier alpha value is -5.56. The number of pyridine rings is 4. The standard InChI is InChI=1S/C32H21N7/c1-2-10-23(11-3-1)39-37-31-21-22(25-14-8-16-29(35-25)27-12-4-6-18-33-27)20-24(32(31)38-39)26-15-9-17-30(36-26)28-13-5-7-19-34-28/h1-21H/i1D,2D,3D,10D,11D. The Balaban J connectivity index is 1.46. The van der Waals surface area contributed by atoms with Crippen LogP contribution < -0.4 is 0 Å². The molecule has 0 N–H and O–H groups in total. The molecule has 5 aromatic heterocycles. The maximum absolute atomic E-state index is 8.46. The molecule has 7 aromatic rings. The number of aromatic nitrogens is 7. The number of nitrogens with zero attached hydrogens (tertiary/aromatic N) is 7. The lowest BCUT2D eigenvalue weighted by atomic mass is 10.0. The van der Waals surface area contributed by atoms with Crippen LogP contribution in [0.3, 0.4) is 0 Å². The van der Waals surface area contributed by atoms with Gasteiger partial charge >= 0.3 is 0 Å². The van der Waals surface area contributed by atoms with Crippen molar-refractivity contribution < 1.29 is 6.85 Å². The van der Waals surface area contributed by atoms with Crippen molar-refractivity contribution in [2.75, 3.05) is 0 Å². The first-order valence-corrected chi connectivity index (χ1v) is 12.1.